The van der Waals surface area contributed by atoms with Crippen molar-refractivity contribution >= 4 is 12.0 Å². The van der Waals surface area contributed by atoms with Crippen molar-refractivity contribution in [2.24, 2.45) is 0 Å². The van der Waals surface area contributed by atoms with E-state index in [1.165, 1.54) is 0 Å². The minimum absolute atomic E-state index is 0.0628. The fourth-order valence-electron chi connectivity index (χ4n) is 4.59. The largest absolute Gasteiger partial charge is 0.349 e. The lowest BCUT2D eigenvalue weighted by Crippen LogP contribution is -2.49. The molecular formula is C27H32N6O2. The Labute approximate surface area is 206 Å². The van der Waals surface area contributed by atoms with E-state index >= 15 is 0 Å². The van der Waals surface area contributed by atoms with Crippen LogP contribution in [0.3, 0.4) is 0 Å². The summed E-state index contributed by atoms with van der Waals surface area (Å²) in [5.41, 5.74) is 4.24. The van der Waals surface area contributed by atoms with Gasteiger partial charge in [-0.05, 0) is 44.9 Å². The average Bonchev–Trinajstić information content (AvgIpc) is 3.48. The molecule has 0 radical (unpaired) electrons. The van der Waals surface area contributed by atoms with Gasteiger partial charge in [-0.2, -0.15) is 10.2 Å². The van der Waals surface area contributed by atoms with Gasteiger partial charge in [0.05, 0.1) is 6.04 Å². The minimum Gasteiger partial charge on any atom is -0.349 e. The first-order valence-electron chi connectivity index (χ1n) is 12.1. The van der Waals surface area contributed by atoms with E-state index in [4.69, 9.17) is 4.52 Å². The van der Waals surface area contributed by atoms with Crippen molar-refractivity contribution in [3.05, 3.63) is 64.8 Å². The van der Waals surface area contributed by atoms with Gasteiger partial charge in [0, 0.05) is 49.7 Å². The monoisotopic (exact) mass is 472 g/mol. The van der Waals surface area contributed by atoms with Crippen LogP contribution in [0.4, 0.5) is 0 Å². The molecule has 0 saturated carbocycles. The molecule has 1 aliphatic heterocycles. The molecule has 1 atom stereocenters. The van der Waals surface area contributed by atoms with E-state index in [0.29, 0.717) is 37.9 Å². The lowest BCUT2D eigenvalue weighted by molar-refractivity contribution is -0.128. The van der Waals surface area contributed by atoms with Gasteiger partial charge >= 0.3 is 0 Å². The van der Waals surface area contributed by atoms with Crippen LogP contribution in [0.1, 0.15) is 49.2 Å². The first kappa shape index (κ1) is 24.4. The molecule has 8 nitrogen and oxygen atoms in total. The molecule has 0 spiro atoms. The van der Waals surface area contributed by atoms with E-state index in [1.807, 2.05) is 50.2 Å². The number of nitriles is 1. The maximum absolute atomic E-state index is 13.1. The zero-order valence-electron chi connectivity index (χ0n) is 20.9. The number of piperazine rings is 1. The summed E-state index contributed by atoms with van der Waals surface area (Å²) in [6.45, 7) is 11.6. The summed E-state index contributed by atoms with van der Waals surface area (Å²) < 4.78 is 7.76. The van der Waals surface area contributed by atoms with Crippen molar-refractivity contribution in [1.29, 1.82) is 5.26 Å². The minimum atomic E-state index is -0.218. The molecule has 1 aromatic carbocycles. The Balaban J connectivity index is 1.40. The van der Waals surface area contributed by atoms with Gasteiger partial charge in [0.1, 0.15) is 11.6 Å². The molecular weight excluding hydrogens is 440 g/mol. The maximum atomic E-state index is 13.1. The number of hydrogen-bond donors (Lipinski definition) is 0. The number of nitrogens with zero attached hydrogens (tertiary/aromatic N) is 6. The number of rotatable bonds is 7. The molecule has 1 amide bonds. The number of hydrogen-bond acceptors (Lipinski definition) is 6. The Morgan fingerprint density at radius 1 is 1.20 bits per heavy atom. The highest BCUT2D eigenvalue weighted by Crippen LogP contribution is 2.24. The number of carbonyl (C=O) groups is 1. The lowest BCUT2D eigenvalue weighted by atomic mass is 10.1. The van der Waals surface area contributed by atoms with Gasteiger partial charge < -0.3 is 14.0 Å². The summed E-state index contributed by atoms with van der Waals surface area (Å²) in [5, 5.41) is 13.9. The number of benzene rings is 1. The smallest absolute Gasteiger partial charge is 0.264 e. The predicted molar refractivity (Wildman–Crippen MR) is 134 cm³/mol. The second-order valence-electron chi connectivity index (χ2n) is 8.97. The van der Waals surface area contributed by atoms with Gasteiger partial charge in [0.15, 0.2) is 0 Å². The Kier molecular flexibility index (Phi) is 7.47. The van der Waals surface area contributed by atoms with Crippen LogP contribution in [0.5, 0.6) is 0 Å². The van der Waals surface area contributed by atoms with Gasteiger partial charge in [0.25, 0.3) is 5.91 Å². The van der Waals surface area contributed by atoms with E-state index in [-0.39, 0.29) is 17.5 Å². The Morgan fingerprint density at radius 3 is 2.57 bits per heavy atom. The van der Waals surface area contributed by atoms with Crippen LogP contribution in [-0.2, 0) is 11.3 Å². The second-order valence-corrected chi connectivity index (χ2v) is 8.97. The van der Waals surface area contributed by atoms with Crippen molar-refractivity contribution in [3.63, 3.8) is 0 Å². The molecule has 8 heteroatoms. The first-order chi connectivity index (χ1) is 16.9. The van der Waals surface area contributed by atoms with Crippen LogP contribution in [0.2, 0.25) is 0 Å². The van der Waals surface area contributed by atoms with Gasteiger partial charge in [-0.3, -0.25) is 9.69 Å². The summed E-state index contributed by atoms with van der Waals surface area (Å²) in [4.78, 5) is 21.7. The highest BCUT2D eigenvalue weighted by atomic mass is 16.5. The number of aromatic nitrogens is 3. The van der Waals surface area contributed by atoms with Crippen LogP contribution >= 0.6 is 0 Å². The molecule has 35 heavy (non-hydrogen) atoms. The van der Waals surface area contributed by atoms with E-state index in [0.717, 1.165) is 35.5 Å². The second kappa shape index (κ2) is 10.7. The Bertz CT molecular complexity index is 1240. The zero-order valence-corrected chi connectivity index (χ0v) is 20.9. The van der Waals surface area contributed by atoms with Crippen LogP contribution in [0.15, 0.2) is 46.5 Å². The third kappa shape index (κ3) is 5.20. The molecule has 0 N–H and O–H groups in total. The highest BCUT2D eigenvalue weighted by molar-refractivity contribution is 6.01. The number of aryl methyl sites for hydroxylation is 1. The Morgan fingerprint density at radius 2 is 1.91 bits per heavy atom. The lowest BCUT2D eigenvalue weighted by Gasteiger charge is -2.36. The van der Waals surface area contributed by atoms with Gasteiger partial charge in [-0.25, -0.2) is 0 Å². The topological polar surface area (TPSA) is 91.2 Å². The third-order valence-corrected chi connectivity index (χ3v) is 6.69. The van der Waals surface area contributed by atoms with Crippen LogP contribution in [0, 0.1) is 25.2 Å². The van der Waals surface area contributed by atoms with E-state index in [9.17, 15) is 10.1 Å². The molecule has 2 aromatic heterocycles. The van der Waals surface area contributed by atoms with E-state index in [1.54, 1.807) is 11.0 Å². The fourth-order valence-corrected chi connectivity index (χ4v) is 4.59. The third-order valence-electron chi connectivity index (χ3n) is 6.69. The maximum Gasteiger partial charge on any atom is 0.264 e. The van der Waals surface area contributed by atoms with E-state index < -0.39 is 0 Å². The molecule has 182 valence electrons. The molecule has 3 heterocycles. The molecule has 0 aliphatic carbocycles. The molecule has 1 saturated heterocycles. The number of carbonyl (C=O) groups excluding carboxylic acids is 1. The van der Waals surface area contributed by atoms with Crippen molar-refractivity contribution in [2.75, 3.05) is 26.2 Å². The number of amides is 1. The summed E-state index contributed by atoms with van der Waals surface area (Å²) in [7, 11) is 0. The molecule has 0 bridgehead atoms. The van der Waals surface area contributed by atoms with E-state index in [2.05, 4.69) is 39.5 Å². The van der Waals surface area contributed by atoms with Crippen molar-refractivity contribution in [1.82, 2.24) is 24.5 Å². The molecule has 4 rings (SSSR count). The quantitative estimate of drug-likeness (QED) is 0.374. The SMILES string of the molecule is CCCn1c(C)cc(/C=C(/C#N)C(=O)N2CCN(C(C)c3nc(-c4ccccc4)no3)CC2)c1C. The van der Waals surface area contributed by atoms with Crippen LogP contribution in [0.25, 0.3) is 17.5 Å². The highest BCUT2D eigenvalue weighted by Gasteiger charge is 2.29. The summed E-state index contributed by atoms with van der Waals surface area (Å²) >= 11 is 0. The normalized spacial score (nSPS) is 15.7. The van der Waals surface area contributed by atoms with Crippen molar-refractivity contribution < 1.29 is 9.32 Å². The average molecular weight is 473 g/mol. The summed E-state index contributed by atoms with van der Waals surface area (Å²) in [5.74, 6) is 0.913. The molecule has 1 fully saturated rings. The fraction of sp³-hybridized carbons (Fsp3) is 0.407. The van der Waals surface area contributed by atoms with Gasteiger partial charge in [0.2, 0.25) is 11.7 Å². The van der Waals surface area contributed by atoms with Crippen molar-refractivity contribution in [2.45, 2.75) is 46.7 Å². The summed E-state index contributed by atoms with van der Waals surface area (Å²) in [6, 6.07) is 13.8. The summed E-state index contributed by atoms with van der Waals surface area (Å²) in [6.07, 6.45) is 2.76. The molecule has 3 aromatic rings. The zero-order chi connectivity index (χ0) is 24.9. The van der Waals surface area contributed by atoms with Gasteiger partial charge in [-0.1, -0.05) is 42.4 Å². The van der Waals surface area contributed by atoms with Crippen LogP contribution in [-0.4, -0.2) is 56.6 Å². The Hall–Kier alpha value is -3.70. The molecule has 1 aliphatic rings. The van der Waals surface area contributed by atoms with Crippen molar-refractivity contribution in [3.8, 4) is 17.5 Å². The first-order valence-corrected chi connectivity index (χ1v) is 12.1. The molecule has 1 unspecified atom stereocenters. The standard InChI is InChI=1S/C27H32N6O2/c1-5-11-33-19(2)16-23(20(33)3)17-24(18-28)27(34)32-14-12-31(13-15-32)21(4)26-29-25(30-35-26)22-9-7-6-8-10-22/h6-10,16-17,21H,5,11-15H2,1-4H3/b24-17-. The van der Waals surface area contributed by atoms with Crippen LogP contribution < -0.4 is 0 Å². The van der Waals surface area contributed by atoms with Gasteiger partial charge in [-0.15, -0.1) is 0 Å². The predicted octanol–water partition coefficient (Wildman–Crippen LogP) is 4.38.